The van der Waals surface area contributed by atoms with Crippen LogP contribution in [-0.2, 0) is 17.9 Å². The third kappa shape index (κ3) is 7.79. The lowest BCUT2D eigenvalue weighted by atomic mass is 10.1. The van der Waals surface area contributed by atoms with Gasteiger partial charge in [0.15, 0.2) is 11.5 Å². The number of hydrogen-bond acceptors (Lipinski definition) is 10. The van der Waals surface area contributed by atoms with Gasteiger partial charge in [0.1, 0.15) is 35.6 Å². The lowest BCUT2D eigenvalue weighted by molar-refractivity contribution is -0.123. The van der Waals surface area contributed by atoms with E-state index < -0.39 is 6.04 Å². The number of aryl methyl sites for hydroxylation is 2. The van der Waals surface area contributed by atoms with Crippen molar-refractivity contribution in [1.82, 2.24) is 30.5 Å². The summed E-state index contributed by atoms with van der Waals surface area (Å²) >= 11 is 2.89. The van der Waals surface area contributed by atoms with Crippen molar-refractivity contribution in [2.45, 2.75) is 45.3 Å². The molecule has 4 heterocycles. The van der Waals surface area contributed by atoms with Gasteiger partial charge in [-0.25, -0.2) is 0 Å². The van der Waals surface area contributed by atoms with Crippen molar-refractivity contribution in [1.29, 1.82) is 0 Å². The molecule has 43 heavy (non-hydrogen) atoms. The van der Waals surface area contributed by atoms with Gasteiger partial charge in [0, 0.05) is 37.0 Å². The van der Waals surface area contributed by atoms with E-state index in [0.717, 1.165) is 5.56 Å². The SMILES string of the molecule is CSCC[C@@H]1NC(=O)c2cc(ccc2C)OCCCn2cc(nn2)CN(C(=O)c2scc3c2OCCO3)CCCNC1=O. The average Bonchev–Trinajstić information content (AvgIpc) is 3.65. The monoisotopic (exact) mass is 628 g/mol. The van der Waals surface area contributed by atoms with Crippen molar-refractivity contribution in [3.63, 3.8) is 0 Å². The van der Waals surface area contributed by atoms with Crippen LogP contribution < -0.4 is 24.8 Å². The van der Waals surface area contributed by atoms with E-state index >= 15 is 0 Å². The maximum absolute atomic E-state index is 13.7. The highest BCUT2D eigenvalue weighted by Gasteiger charge is 2.28. The number of amides is 3. The number of thioether (sulfide) groups is 1. The van der Waals surface area contributed by atoms with Crippen LogP contribution in [-0.4, -0.2) is 88.6 Å². The second-order valence-corrected chi connectivity index (χ2v) is 12.2. The molecular formula is C29H36N6O6S2. The molecule has 230 valence electrons. The smallest absolute Gasteiger partial charge is 0.268 e. The van der Waals surface area contributed by atoms with E-state index in [1.807, 2.05) is 31.5 Å². The Morgan fingerprint density at radius 2 is 2.00 bits per heavy atom. The van der Waals surface area contributed by atoms with E-state index in [2.05, 4.69) is 20.9 Å². The van der Waals surface area contributed by atoms with Gasteiger partial charge in [-0.1, -0.05) is 11.3 Å². The van der Waals surface area contributed by atoms with Gasteiger partial charge in [-0.15, -0.1) is 16.4 Å². The number of aromatic nitrogens is 3. The minimum Gasteiger partial charge on any atom is -0.494 e. The Balaban J connectivity index is 1.35. The number of rotatable bonds is 4. The molecule has 0 radical (unpaired) electrons. The average molecular weight is 629 g/mol. The molecule has 3 amide bonds. The minimum absolute atomic E-state index is 0.199. The molecule has 0 fully saturated rings. The van der Waals surface area contributed by atoms with Crippen LogP contribution in [0.5, 0.6) is 17.2 Å². The first kappa shape index (κ1) is 30.7. The number of nitrogens with one attached hydrogen (secondary N) is 2. The van der Waals surface area contributed by atoms with Gasteiger partial charge < -0.3 is 29.7 Å². The fourth-order valence-electron chi connectivity index (χ4n) is 4.82. The fraction of sp³-hybridized carbons (Fsp3) is 0.483. The molecule has 5 rings (SSSR count). The molecule has 2 aromatic heterocycles. The highest BCUT2D eigenvalue weighted by molar-refractivity contribution is 7.98. The molecule has 0 spiro atoms. The van der Waals surface area contributed by atoms with E-state index in [1.165, 1.54) is 11.3 Å². The molecule has 14 heteroatoms. The molecule has 0 saturated heterocycles. The molecule has 2 N–H and O–H groups in total. The second kappa shape index (κ2) is 14.6. The Bertz CT molecular complexity index is 1440. The second-order valence-electron chi connectivity index (χ2n) is 10.3. The van der Waals surface area contributed by atoms with Gasteiger partial charge in [-0.05, 0) is 49.5 Å². The quantitative estimate of drug-likeness (QED) is 0.447. The van der Waals surface area contributed by atoms with Crippen LogP contribution in [0.15, 0.2) is 29.8 Å². The molecule has 12 nitrogen and oxygen atoms in total. The van der Waals surface area contributed by atoms with Crippen LogP contribution in [0.2, 0.25) is 0 Å². The predicted octanol–water partition coefficient (Wildman–Crippen LogP) is 2.90. The lowest BCUT2D eigenvalue weighted by Gasteiger charge is -2.23. The Labute approximate surface area is 258 Å². The summed E-state index contributed by atoms with van der Waals surface area (Å²) < 4.78 is 19.1. The molecule has 4 bridgehead atoms. The zero-order valence-electron chi connectivity index (χ0n) is 24.3. The van der Waals surface area contributed by atoms with Crippen LogP contribution in [0.3, 0.4) is 0 Å². The number of fused-ring (bicyclic) bond motifs is 5. The lowest BCUT2D eigenvalue weighted by Crippen LogP contribution is -2.47. The maximum Gasteiger partial charge on any atom is 0.268 e. The first-order valence-corrected chi connectivity index (χ1v) is 16.6. The predicted molar refractivity (Wildman–Crippen MR) is 163 cm³/mol. The summed E-state index contributed by atoms with van der Waals surface area (Å²) in [4.78, 5) is 42.3. The number of nitrogens with zero attached hydrogens (tertiary/aromatic N) is 4. The van der Waals surface area contributed by atoms with Crippen molar-refractivity contribution < 1.29 is 28.6 Å². The maximum atomic E-state index is 13.7. The first-order chi connectivity index (χ1) is 20.9. The highest BCUT2D eigenvalue weighted by atomic mass is 32.2. The van der Waals surface area contributed by atoms with Crippen molar-refractivity contribution >= 4 is 40.8 Å². The molecule has 2 aliphatic rings. The number of thiophene rings is 1. The number of benzene rings is 1. The zero-order valence-corrected chi connectivity index (χ0v) is 25.9. The molecule has 0 unspecified atom stereocenters. The van der Waals surface area contributed by atoms with Crippen LogP contribution in [0.25, 0.3) is 0 Å². The van der Waals surface area contributed by atoms with Gasteiger partial charge in [-0.2, -0.15) is 11.8 Å². The van der Waals surface area contributed by atoms with Crippen molar-refractivity contribution in [3.8, 4) is 17.2 Å². The number of carbonyl (C=O) groups is 3. The normalized spacial score (nSPS) is 18.3. The summed E-state index contributed by atoms with van der Waals surface area (Å²) in [5, 5.41) is 16.2. The van der Waals surface area contributed by atoms with Crippen molar-refractivity contribution in [2.75, 3.05) is 44.9 Å². The fourth-order valence-corrected chi connectivity index (χ4v) is 6.19. The standard InChI is InChI=1S/C29H36N6O6S2/c1-19-5-6-21-15-22(19)27(36)31-23(7-14-42-2)28(37)30-8-3-9-34(16-20-17-35(33-32-20)10-4-11-39-21)29(38)26-25-24(18-43-26)40-12-13-41-25/h5-6,15,17-18,23H,3-4,7-14,16H2,1-2H3,(H,30,37)(H,31,36)/t23-/m0/s1. The topological polar surface area (TPSA) is 137 Å². The van der Waals surface area contributed by atoms with Gasteiger partial charge in [-0.3, -0.25) is 19.1 Å². The Morgan fingerprint density at radius 3 is 2.86 bits per heavy atom. The van der Waals surface area contributed by atoms with Crippen LogP contribution in [0.1, 0.15) is 50.5 Å². The third-order valence-electron chi connectivity index (χ3n) is 7.11. The van der Waals surface area contributed by atoms with Crippen molar-refractivity contribution in [3.05, 3.63) is 51.5 Å². The highest BCUT2D eigenvalue weighted by Crippen LogP contribution is 2.40. The third-order valence-corrected chi connectivity index (χ3v) is 8.68. The van der Waals surface area contributed by atoms with Crippen LogP contribution >= 0.6 is 23.1 Å². The van der Waals surface area contributed by atoms with E-state index in [4.69, 9.17) is 14.2 Å². The molecule has 2 aliphatic heterocycles. The summed E-state index contributed by atoms with van der Waals surface area (Å²) in [5.41, 5.74) is 1.91. The Kier molecular flexibility index (Phi) is 10.4. The molecule has 1 aromatic carbocycles. The van der Waals surface area contributed by atoms with Gasteiger partial charge in [0.25, 0.3) is 11.8 Å². The van der Waals surface area contributed by atoms with Crippen LogP contribution in [0.4, 0.5) is 0 Å². The minimum atomic E-state index is -0.697. The molecule has 0 aliphatic carbocycles. The molecule has 0 saturated carbocycles. The molecular weight excluding hydrogens is 592 g/mol. The van der Waals surface area contributed by atoms with E-state index in [1.54, 1.807) is 32.8 Å². The van der Waals surface area contributed by atoms with E-state index in [9.17, 15) is 14.4 Å². The first-order valence-electron chi connectivity index (χ1n) is 14.3. The summed E-state index contributed by atoms with van der Waals surface area (Å²) in [6.45, 7) is 4.60. The van der Waals surface area contributed by atoms with Crippen LogP contribution in [0, 0.1) is 6.92 Å². The molecule has 3 aromatic rings. The van der Waals surface area contributed by atoms with Gasteiger partial charge in [0.2, 0.25) is 5.91 Å². The van der Waals surface area contributed by atoms with Gasteiger partial charge >= 0.3 is 0 Å². The van der Waals surface area contributed by atoms with E-state index in [-0.39, 0.29) is 24.3 Å². The summed E-state index contributed by atoms with van der Waals surface area (Å²) in [6.07, 6.45) is 5.44. The Hall–Kier alpha value is -3.78. The van der Waals surface area contributed by atoms with E-state index in [0.29, 0.717) is 97.9 Å². The number of carbonyl (C=O) groups excluding carboxylic acids is 3. The number of ether oxygens (including phenoxy) is 3. The number of hydrogen-bond donors (Lipinski definition) is 2. The largest absolute Gasteiger partial charge is 0.494 e. The van der Waals surface area contributed by atoms with Gasteiger partial charge in [0.05, 0.1) is 19.3 Å². The Morgan fingerprint density at radius 1 is 1.14 bits per heavy atom. The summed E-state index contributed by atoms with van der Waals surface area (Å²) in [7, 11) is 0. The molecule has 1 atom stereocenters. The zero-order chi connectivity index (χ0) is 30.2. The summed E-state index contributed by atoms with van der Waals surface area (Å²) in [6, 6.07) is 4.69. The van der Waals surface area contributed by atoms with Crippen molar-refractivity contribution in [2.24, 2.45) is 0 Å². The summed E-state index contributed by atoms with van der Waals surface area (Å²) in [5.74, 6) is 1.55.